The molecule has 0 spiro atoms. The van der Waals surface area contributed by atoms with E-state index in [9.17, 15) is 33.7 Å². The maximum absolute atomic E-state index is 13.0. The minimum Gasteiger partial charge on any atom is -0.378 e. The van der Waals surface area contributed by atoms with Gasteiger partial charge in [0.25, 0.3) is 9.05 Å². The number of fused-ring (bicyclic) bond motifs is 2. The van der Waals surface area contributed by atoms with E-state index in [4.69, 9.17) is 39.6 Å². The van der Waals surface area contributed by atoms with Crippen molar-refractivity contribution in [3.8, 4) is 0 Å². The van der Waals surface area contributed by atoms with Crippen LogP contribution in [0, 0.1) is 11.8 Å². The number of nitrogens with two attached hydrogens (primary N) is 1. The highest BCUT2D eigenvalue weighted by atomic mass is 35.7. The van der Waals surface area contributed by atoms with Gasteiger partial charge in [0.15, 0.2) is 0 Å². The van der Waals surface area contributed by atoms with Crippen LogP contribution in [0.15, 0.2) is 94.7 Å². The fraction of sp³-hybridized carbons (Fsp3) is 0.478. The van der Waals surface area contributed by atoms with Crippen molar-refractivity contribution in [3.63, 3.8) is 0 Å². The average molecular weight is 1060 g/mol. The van der Waals surface area contributed by atoms with Crippen molar-refractivity contribution in [2.75, 3.05) is 62.6 Å². The molecule has 0 amide bonds. The zero-order valence-corrected chi connectivity index (χ0v) is 43.7. The lowest BCUT2D eigenvalue weighted by atomic mass is 9.78. The van der Waals surface area contributed by atoms with Crippen molar-refractivity contribution >= 4 is 84.4 Å². The number of hydrogen-bond acceptors (Lipinski definition) is 11. The molecule has 0 radical (unpaired) electrons. The molecule has 4 aliphatic rings. The predicted octanol–water partition coefficient (Wildman–Crippen LogP) is 7.08. The van der Waals surface area contributed by atoms with Crippen molar-refractivity contribution in [2.24, 2.45) is 17.6 Å². The Labute approximate surface area is 412 Å². The fourth-order valence-corrected chi connectivity index (χ4v) is 14.1. The zero-order valence-electron chi connectivity index (χ0n) is 38.2. The first-order valence-corrected chi connectivity index (χ1v) is 30.0. The summed E-state index contributed by atoms with van der Waals surface area (Å²) >= 11 is 12.0. The molecular formula is C46H61Cl3N6O8S4. The Hall–Kier alpha value is -3.01. The van der Waals surface area contributed by atoms with Gasteiger partial charge in [0.1, 0.15) is 0 Å². The number of hydrogen-bond donors (Lipinski definition) is 2. The van der Waals surface area contributed by atoms with Crippen LogP contribution in [0.3, 0.4) is 0 Å². The van der Waals surface area contributed by atoms with E-state index in [1.54, 1.807) is 46.8 Å². The van der Waals surface area contributed by atoms with E-state index >= 15 is 0 Å². The van der Waals surface area contributed by atoms with Crippen molar-refractivity contribution in [3.05, 3.63) is 117 Å². The Morgan fingerprint density at radius 2 is 1.01 bits per heavy atom. The van der Waals surface area contributed by atoms with Crippen LogP contribution in [-0.2, 0) is 65.1 Å². The molecule has 0 aromatic heterocycles. The van der Waals surface area contributed by atoms with E-state index in [1.165, 1.54) is 16.4 Å². The van der Waals surface area contributed by atoms with Gasteiger partial charge >= 0.3 is 0 Å². The van der Waals surface area contributed by atoms with Gasteiger partial charge in [0.2, 0.25) is 30.1 Å². The van der Waals surface area contributed by atoms with E-state index in [0.29, 0.717) is 61.4 Å². The maximum Gasteiger partial charge on any atom is 0.261 e. The van der Waals surface area contributed by atoms with E-state index in [2.05, 4.69) is 4.72 Å². The van der Waals surface area contributed by atoms with Crippen LogP contribution in [0.1, 0.15) is 60.8 Å². The molecule has 2 aliphatic heterocycles. The lowest BCUT2D eigenvalue weighted by Crippen LogP contribution is -2.47. The molecule has 8 rings (SSSR count). The van der Waals surface area contributed by atoms with Crippen LogP contribution in [0.25, 0.3) is 0 Å². The summed E-state index contributed by atoms with van der Waals surface area (Å²) in [6.45, 7) is 1.82. The summed E-state index contributed by atoms with van der Waals surface area (Å²) in [6, 6.07) is 24.3. The van der Waals surface area contributed by atoms with Crippen molar-refractivity contribution < 1.29 is 33.7 Å². The summed E-state index contributed by atoms with van der Waals surface area (Å²) in [5.41, 5.74) is 12.1. The molecule has 2 saturated carbocycles. The summed E-state index contributed by atoms with van der Waals surface area (Å²) in [5.74, 6) is 0.645. The molecule has 3 N–H and O–H groups in total. The molecule has 67 heavy (non-hydrogen) atoms. The highest BCUT2D eigenvalue weighted by Gasteiger charge is 2.37. The Morgan fingerprint density at radius 1 is 0.582 bits per heavy atom. The third-order valence-electron chi connectivity index (χ3n) is 13.1. The molecule has 368 valence electrons. The number of nitrogens with zero attached hydrogens (tertiary/aromatic N) is 4. The fourth-order valence-electron chi connectivity index (χ4n) is 8.45. The molecule has 0 saturated heterocycles. The molecule has 2 fully saturated rings. The molecule has 0 unspecified atom stereocenters. The zero-order chi connectivity index (χ0) is 48.9. The highest BCUT2D eigenvalue weighted by molar-refractivity contribution is 8.13. The average Bonchev–Trinajstić information content (AvgIpc) is 3.27. The van der Waals surface area contributed by atoms with Gasteiger partial charge in [0.05, 0.1) is 21.3 Å². The summed E-state index contributed by atoms with van der Waals surface area (Å²) < 4.78 is 104. The van der Waals surface area contributed by atoms with Crippen LogP contribution in [0.2, 0.25) is 10.0 Å². The summed E-state index contributed by atoms with van der Waals surface area (Å²) in [4.78, 5) is 4.13. The molecule has 4 aromatic carbocycles. The van der Waals surface area contributed by atoms with E-state index < -0.39 is 39.1 Å². The van der Waals surface area contributed by atoms with Crippen LogP contribution in [-0.4, -0.2) is 107 Å². The monoisotopic (exact) mass is 1060 g/mol. The van der Waals surface area contributed by atoms with Crippen LogP contribution in [0.5, 0.6) is 0 Å². The Morgan fingerprint density at radius 3 is 1.39 bits per heavy atom. The first-order chi connectivity index (χ1) is 31.4. The van der Waals surface area contributed by atoms with Gasteiger partial charge in [-0.3, -0.25) is 0 Å². The lowest BCUT2D eigenvalue weighted by molar-refractivity contribution is 0.230. The van der Waals surface area contributed by atoms with Gasteiger partial charge in [0, 0.05) is 98.6 Å². The third-order valence-corrected chi connectivity index (χ3v) is 20.1. The number of sulfonamides is 3. The first kappa shape index (κ1) is 53.3. The molecule has 2 aliphatic carbocycles. The Balaban J connectivity index is 0.000000185. The van der Waals surface area contributed by atoms with Gasteiger partial charge in [-0.25, -0.2) is 38.4 Å². The number of rotatable bonds is 14. The van der Waals surface area contributed by atoms with Gasteiger partial charge in [-0.2, -0.15) is 8.61 Å². The maximum atomic E-state index is 13.0. The number of benzene rings is 4. The van der Waals surface area contributed by atoms with Gasteiger partial charge < -0.3 is 15.5 Å². The number of halogens is 3. The van der Waals surface area contributed by atoms with Gasteiger partial charge in [-0.1, -0.05) is 35.3 Å². The standard InChI is InChI=1S/C23H30ClN3O4S2.C15H21ClN2O2S.C8H10ClNO2S/c1-26(2)21-6-8-22(9-7-21)33(30,31)25-23-10-4-17(23)12-14-32(28,29)27-13-11-18-15-20(24)5-3-19(18)16-27;16-14-3-1-13-10-18(7-5-12(13)9-14)21(19,20)8-6-11-2-4-15(11)17;1-10(2)7-3-5-8(6-4-7)13(9,11)12/h3,5-9,15,17,23,25H,4,10-14,16H2,1-2H3;1,3,9,11,15H,2,4-8,10,17H2;3-6H,1-2H3/t17-,23+;11-,15+;/m11./s1. The summed E-state index contributed by atoms with van der Waals surface area (Å²) in [7, 11) is -1.15. The smallest absolute Gasteiger partial charge is 0.261 e. The summed E-state index contributed by atoms with van der Waals surface area (Å²) in [6.07, 6.45) is 6.15. The Bertz CT molecular complexity index is 2800. The third kappa shape index (κ3) is 14.3. The number of anilines is 2. The van der Waals surface area contributed by atoms with Crippen molar-refractivity contribution in [2.45, 2.75) is 86.3 Å². The van der Waals surface area contributed by atoms with Crippen LogP contribution >= 0.6 is 33.9 Å². The molecule has 4 aromatic rings. The van der Waals surface area contributed by atoms with E-state index in [1.807, 2.05) is 68.3 Å². The second kappa shape index (κ2) is 22.4. The van der Waals surface area contributed by atoms with Crippen LogP contribution < -0.4 is 20.3 Å². The largest absolute Gasteiger partial charge is 0.378 e. The summed E-state index contributed by atoms with van der Waals surface area (Å²) in [5, 5.41) is 1.38. The van der Waals surface area contributed by atoms with Crippen molar-refractivity contribution in [1.82, 2.24) is 13.3 Å². The van der Waals surface area contributed by atoms with Crippen LogP contribution in [0.4, 0.5) is 11.4 Å². The topological polar surface area (TPSA) is 188 Å². The SMILES string of the molecule is CN(C)c1ccc(S(=O)(=O)Cl)cc1.CN(C)c1ccc(S(=O)(=O)N[C@H]2CC[C@@H]2CCS(=O)(=O)N2CCc3cc(Cl)ccc3C2)cc1.N[C@H]1CC[C@@H]1CCS(=O)(=O)N1CCc2cc(Cl)ccc2C1. The highest BCUT2D eigenvalue weighted by Crippen LogP contribution is 2.34. The van der Waals surface area contributed by atoms with Gasteiger partial charge in [-0.05, 0) is 158 Å². The normalized spacial score (nSPS) is 20.9. The minimum absolute atomic E-state index is 0.0199. The Kier molecular flexibility index (Phi) is 17.8. The molecule has 0 bridgehead atoms. The van der Waals surface area contributed by atoms with Gasteiger partial charge in [-0.15, -0.1) is 0 Å². The molecule has 21 heteroatoms. The minimum atomic E-state index is -3.65. The van der Waals surface area contributed by atoms with Crippen molar-refractivity contribution in [1.29, 1.82) is 0 Å². The quantitative estimate of drug-likeness (QED) is 0.123. The van der Waals surface area contributed by atoms with E-state index in [0.717, 1.165) is 65.7 Å². The molecule has 2 heterocycles. The van der Waals surface area contributed by atoms with E-state index in [-0.39, 0.29) is 39.3 Å². The predicted molar refractivity (Wildman–Crippen MR) is 270 cm³/mol. The lowest BCUT2D eigenvalue weighted by Gasteiger charge is -2.37. The molecular weight excluding hydrogens is 999 g/mol. The molecule has 4 atom stereocenters. The molecule has 14 nitrogen and oxygen atoms in total. The second-order valence-electron chi connectivity index (χ2n) is 18.0. The first-order valence-electron chi connectivity index (χ1n) is 22.2. The second-order valence-corrected chi connectivity index (χ2v) is 27.3. The number of nitrogens with one attached hydrogen (secondary N) is 1.